The van der Waals surface area contributed by atoms with E-state index in [1.807, 2.05) is 49.5 Å². The number of benzene rings is 2. The molecule has 0 bridgehead atoms. The van der Waals surface area contributed by atoms with Crippen LogP contribution in [0.25, 0.3) is 11.1 Å². The number of aromatic nitrogens is 2. The molecule has 35 heavy (non-hydrogen) atoms. The Morgan fingerprint density at radius 2 is 2.17 bits per heavy atom. The SMILES string of the molecule is COc1ccc2c(c1)CC(C(=O)Nc1ccc(-c3c[nH]nc3C)cc1OC[C@@H]1CCCN1C)CO2. The Morgan fingerprint density at radius 3 is 2.91 bits per heavy atom. The number of carbonyl (C=O) groups is 1. The molecule has 1 aromatic heterocycles. The average Bonchev–Trinajstić information content (AvgIpc) is 3.50. The molecular weight excluding hydrogens is 444 g/mol. The summed E-state index contributed by atoms with van der Waals surface area (Å²) in [5.74, 6) is 1.83. The number of amides is 1. The number of aromatic amines is 1. The van der Waals surface area contributed by atoms with Crippen LogP contribution in [0.5, 0.6) is 17.2 Å². The Balaban J connectivity index is 1.35. The molecule has 8 nitrogen and oxygen atoms in total. The molecule has 3 heterocycles. The van der Waals surface area contributed by atoms with Gasteiger partial charge in [0.2, 0.25) is 5.91 Å². The van der Waals surface area contributed by atoms with Crippen molar-refractivity contribution in [2.24, 2.45) is 5.92 Å². The van der Waals surface area contributed by atoms with Gasteiger partial charge in [-0.05, 0) is 81.2 Å². The van der Waals surface area contributed by atoms with Crippen molar-refractivity contribution in [3.63, 3.8) is 0 Å². The predicted octanol–water partition coefficient (Wildman–Crippen LogP) is 4.06. The van der Waals surface area contributed by atoms with Crippen molar-refractivity contribution in [3.8, 4) is 28.4 Å². The van der Waals surface area contributed by atoms with Crippen molar-refractivity contribution >= 4 is 11.6 Å². The van der Waals surface area contributed by atoms with Crippen LogP contribution in [-0.2, 0) is 11.2 Å². The van der Waals surface area contributed by atoms with Crippen molar-refractivity contribution in [2.45, 2.75) is 32.2 Å². The number of hydrogen-bond acceptors (Lipinski definition) is 6. The number of anilines is 1. The molecule has 0 aliphatic carbocycles. The Kier molecular flexibility index (Phi) is 6.63. The topological polar surface area (TPSA) is 88.7 Å². The number of nitrogens with one attached hydrogen (secondary N) is 2. The molecule has 2 aromatic carbocycles. The quantitative estimate of drug-likeness (QED) is 0.535. The van der Waals surface area contributed by atoms with Crippen LogP contribution >= 0.6 is 0 Å². The van der Waals surface area contributed by atoms with E-state index in [2.05, 4.69) is 27.5 Å². The number of likely N-dealkylation sites (tertiary alicyclic amines) is 1. The molecule has 0 saturated carbocycles. The first-order valence-electron chi connectivity index (χ1n) is 12.1. The first-order chi connectivity index (χ1) is 17.0. The molecular formula is C27H32N4O4. The molecule has 5 rings (SSSR count). The van der Waals surface area contributed by atoms with Crippen LogP contribution < -0.4 is 19.5 Å². The number of carbonyl (C=O) groups excluding carboxylic acids is 1. The highest BCUT2D eigenvalue weighted by atomic mass is 16.5. The minimum absolute atomic E-state index is 0.0893. The summed E-state index contributed by atoms with van der Waals surface area (Å²) in [7, 11) is 3.76. The molecule has 2 aliphatic heterocycles. The molecule has 2 atom stereocenters. The van der Waals surface area contributed by atoms with Gasteiger partial charge in [-0.3, -0.25) is 9.89 Å². The summed E-state index contributed by atoms with van der Waals surface area (Å²) in [5, 5.41) is 10.3. The zero-order valence-corrected chi connectivity index (χ0v) is 20.5. The smallest absolute Gasteiger partial charge is 0.231 e. The average molecular weight is 477 g/mol. The third-order valence-electron chi connectivity index (χ3n) is 7.03. The van der Waals surface area contributed by atoms with Crippen LogP contribution in [0.15, 0.2) is 42.6 Å². The van der Waals surface area contributed by atoms with Crippen LogP contribution in [0.2, 0.25) is 0 Å². The third-order valence-corrected chi connectivity index (χ3v) is 7.03. The number of aryl methyl sites for hydroxylation is 1. The second-order valence-electron chi connectivity index (χ2n) is 9.36. The van der Waals surface area contributed by atoms with Gasteiger partial charge < -0.3 is 24.4 Å². The van der Waals surface area contributed by atoms with E-state index >= 15 is 0 Å². The lowest BCUT2D eigenvalue weighted by molar-refractivity contribution is -0.121. The zero-order valence-electron chi connectivity index (χ0n) is 20.5. The summed E-state index contributed by atoms with van der Waals surface area (Å²) in [4.78, 5) is 15.6. The molecule has 2 aliphatic rings. The maximum absolute atomic E-state index is 13.3. The number of ether oxygens (including phenoxy) is 3. The van der Waals surface area contributed by atoms with Gasteiger partial charge in [0.15, 0.2) is 0 Å². The summed E-state index contributed by atoms with van der Waals surface area (Å²) in [6, 6.07) is 12.0. The van der Waals surface area contributed by atoms with Gasteiger partial charge in [-0.25, -0.2) is 0 Å². The molecule has 184 valence electrons. The van der Waals surface area contributed by atoms with Crippen LogP contribution in [-0.4, -0.2) is 61.0 Å². The van der Waals surface area contributed by atoms with Gasteiger partial charge in [-0.15, -0.1) is 0 Å². The zero-order chi connectivity index (χ0) is 24.4. The van der Waals surface area contributed by atoms with E-state index < -0.39 is 0 Å². The Hall–Kier alpha value is -3.52. The number of hydrogen-bond donors (Lipinski definition) is 2. The molecule has 1 fully saturated rings. The van der Waals surface area contributed by atoms with E-state index in [1.54, 1.807) is 7.11 Å². The number of rotatable bonds is 7. The number of likely N-dealkylation sites (N-methyl/N-ethyl adjacent to an activating group) is 1. The lowest BCUT2D eigenvalue weighted by atomic mass is 9.95. The van der Waals surface area contributed by atoms with Gasteiger partial charge in [0.25, 0.3) is 0 Å². The lowest BCUT2D eigenvalue weighted by Crippen LogP contribution is -2.33. The maximum atomic E-state index is 13.3. The van der Waals surface area contributed by atoms with Crippen molar-refractivity contribution in [1.82, 2.24) is 15.1 Å². The monoisotopic (exact) mass is 476 g/mol. The van der Waals surface area contributed by atoms with E-state index in [9.17, 15) is 4.79 Å². The summed E-state index contributed by atoms with van der Waals surface area (Å²) < 4.78 is 17.5. The highest BCUT2D eigenvalue weighted by Crippen LogP contribution is 2.35. The molecule has 1 unspecified atom stereocenters. The van der Waals surface area contributed by atoms with Crippen LogP contribution in [0, 0.1) is 12.8 Å². The van der Waals surface area contributed by atoms with E-state index in [0.29, 0.717) is 37.1 Å². The van der Waals surface area contributed by atoms with Crippen molar-refractivity contribution in [2.75, 3.05) is 39.2 Å². The van der Waals surface area contributed by atoms with Crippen LogP contribution in [0.4, 0.5) is 5.69 Å². The summed E-state index contributed by atoms with van der Waals surface area (Å²) in [5.41, 5.74) is 4.55. The lowest BCUT2D eigenvalue weighted by Gasteiger charge is -2.26. The number of nitrogens with zero attached hydrogens (tertiary/aromatic N) is 2. The maximum Gasteiger partial charge on any atom is 0.231 e. The van der Waals surface area contributed by atoms with E-state index in [4.69, 9.17) is 14.2 Å². The van der Waals surface area contributed by atoms with Gasteiger partial charge in [-0.1, -0.05) is 6.07 Å². The minimum atomic E-state index is -0.306. The number of H-pyrrole nitrogens is 1. The fraction of sp³-hybridized carbons (Fsp3) is 0.407. The standard InChI is InChI=1S/C27H32N4O4/c1-17-23(14-28-30-17)18-6-8-24(26(13-18)35-16-21-5-4-10-31(21)2)29-27(32)20-11-19-12-22(33-3)7-9-25(19)34-15-20/h6-9,12-14,20-21H,4-5,10-11,15-16H2,1-3H3,(H,28,30)(H,29,32)/t20?,21-/m0/s1. The second kappa shape index (κ2) is 10.00. The van der Waals surface area contributed by atoms with Crippen LogP contribution in [0.3, 0.4) is 0 Å². The normalized spacial score (nSPS) is 19.6. The van der Waals surface area contributed by atoms with Gasteiger partial charge in [0.1, 0.15) is 30.5 Å². The first-order valence-corrected chi connectivity index (χ1v) is 12.1. The molecule has 2 N–H and O–H groups in total. The summed E-state index contributed by atoms with van der Waals surface area (Å²) >= 11 is 0. The Bertz CT molecular complexity index is 1210. The Labute approximate surface area is 205 Å². The largest absolute Gasteiger partial charge is 0.497 e. The van der Waals surface area contributed by atoms with Gasteiger partial charge in [0, 0.05) is 17.8 Å². The van der Waals surface area contributed by atoms with Crippen molar-refractivity contribution in [1.29, 1.82) is 0 Å². The highest BCUT2D eigenvalue weighted by Gasteiger charge is 2.28. The summed E-state index contributed by atoms with van der Waals surface area (Å²) in [6.45, 7) is 3.96. The fourth-order valence-corrected chi connectivity index (χ4v) is 4.84. The van der Waals surface area contributed by atoms with Crippen molar-refractivity contribution < 1.29 is 19.0 Å². The van der Waals surface area contributed by atoms with E-state index in [1.165, 1.54) is 6.42 Å². The van der Waals surface area contributed by atoms with Crippen LogP contribution in [0.1, 0.15) is 24.1 Å². The van der Waals surface area contributed by atoms with Gasteiger partial charge in [-0.2, -0.15) is 5.10 Å². The molecule has 8 heteroatoms. The number of fused-ring (bicyclic) bond motifs is 1. The van der Waals surface area contributed by atoms with Gasteiger partial charge >= 0.3 is 0 Å². The van der Waals surface area contributed by atoms with E-state index in [-0.39, 0.29) is 11.8 Å². The summed E-state index contributed by atoms with van der Waals surface area (Å²) in [6.07, 6.45) is 4.76. The number of methoxy groups -OCH3 is 1. The van der Waals surface area contributed by atoms with E-state index in [0.717, 1.165) is 46.8 Å². The molecule has 3 aromatic rings. The minimum Gasteiger partial charge on any atom is -0.497 e. The predicted molar refractivity (Wildman–Crippen MR) is 134 cm³/mol. The first kappa shape index (κ1) is 23.2. The van der Waals surface area contributed by atoms with Crippen molar-refractivity contribution in [3.05, 3.63) is 53.9 Å². The molecule has 1 amide bonds. The fourth-order valence-electron chi connectivity index (χ4n) is 4.84. The highest BCUT2D eigenvalue weighted by molar-refractivity contribution is 5.95. The second-order valence-corrected chi connectivity index (χ2v) is 9.36. The molecule has 1 saturated heterocycles. The van der Waals surface area contributed by atoms with Gasteiger partial charge in [0.05, 0.1) is 24.4 Å². The molecule has 0 radical (unpaired) electrons. The molecule has 0 spiro atoms. The third kappa shape index (κ3) is 4.98. The Morgan fingerprint density at radius 1 is 1.29 bits per heavy atom.